The van der Waals surface area contributed by atoms with Crippen molar-refractivity contribution in [1.82, 2.24) is 20.1 Å². The van der Waals surface area contributed by atoms with Crippen LogP contribution >= 0.6 is 0 Å². The predicted molar refractivity (Wildman–Crippen MR) is 103 cm³/mol. The van der Waals surface area contributed by atoms with Crippen LogP contribution in [0.5, 0.6) is 0 Å². The fourth-order valence-electron chi connectivity index (χ4n) is 2.59. The van der Waals surface area contributed by atoms with Gasteiger partial charge >= 0.3 is 0 Å². The van der Waals surface area contributed by atoms with Crippen molar-refractivity contribution in [3.8, 4) is 11.3 Å². The first kappa shape index (κ1) is 17.4. The zero-order chi connectivity index (χ0) is 18.4. The van der Waals surface area contributed by atoms with Crippen LogP contribution in [0.4, 0.5) is 5.82 Å². The summed E-state index contributed by atoms with van der Waals surface area (Å²) in [6.07, 6.45) is 5.19. The quantitative estimate of drug-likeness (QED) is 0.645. The second kappa shape index (κ2) is 8.11. The first-order valence-corrected chi connectivity index (χ1v) is 8.34. The lowest BCUT2D eigenvalue weighted by Gasteiger charge is -2.07. The number of aromatic nitrogens is 3. The lowest BCUT2D eigenvalue weighted by molar-refractivity contribution is 0.0957. The number of benzene rings is 1. The summed E-state index contributed by atoms with van der Waals surface area (Å²) in [7, 11) is 1.91. The maximum atomic E-state index is 11.9. The molecule has 2 N–H and O–H groups in total. The number of anilines is 1. The molecule has 0 bridgehead atoms. The van der Waals surface area contributed by atoms with Crippen LogP contribution < -0.4 is 10.6 Å². The van der Waals surface area contributed by atoms with Crippen LogP contribution in [-0.4, -0.2) is 27.2 Å². The van der Waals surface area contributed by atoms with Crippen molar-refractivity contribution in [3.05, 3.63) is 78.6 Å². The molecule has 1 amide bonds. The van der Waals surface area contributed by atoms with Gasteiger partial charge in [0.1, 0.15) is 5.82 Å². The van der Waals surface area contributed by atoms with Gasteiger partial charge in [0.15, 0.2) is 0 Å². The standard InChI is InChI=1S/C20H21N5O/c1-3-11-21-20(26)16-9-10-18(22-12-16)23-13-17-14-25(2)24-19(17)15-7-5-4-6-8-15/h3-10,12,14H,1,11,13H2,2H3,(H,21,26)(H,22,23). The highest BCUT2D eigenvalue weighted by molar-refractivity contribution is 5.94. The maximum Gasteiger partial charge on any atom is 0.253 e. The van der Waals surface area contributed by atoms with Crippen molar-refractivity contribution in [3.63, 3.8) is 0 Å². The highest BCUT2D eigenvalue weighted by Crippen LogP contribution is 2.22. The Morgan fingerprint density at radius 2 is 2.04 bits per heavy atom. The van der Waals surface area contributed by atoms with Gasteiger partial charge in [-0.05, 0) is 12.1 Å². The third-order valence-electron chi connectivity index (χ3n) is 3.84. The summed E-state index contributed by atoms with van der Waals surface area (Å²) in [5.74, 6) is 0.538. The van der Waals surface area contributed by atoms with Crippen LogP contribution in [0.1, 0.15) is 15.9 Å². The van der Waals surface area contributed by atoms with Crippen LogP contribution in [0, 0.1) is 0 Å². The molecule has 0 aliphatic rings. The van der Waals surface area contributed by atoms with Gasteiger partial charge in [-0.1, -0.05) is 36.4 Å². The summed E-state index contributed by atoms with van der Waals surface area (Å²) in [6.45, 7) is 4.60. The van der Waals surface area contributed by atoms with Crippen molar-refractivity contribution < 1.29 is 4.79 Å². The van der Waals surface area contributed by atoms with E-state index in [0.717, 1.165) is 16.8 Å². The molecule has 6 heteroatoms. The Balaban J connectivity index is 1.68. The normalized spacial score (nSPS) is 10.3. The topological polar surface area (TPSA) is 71.8 Å². The molecule has 6 nitrogen and oxygen atoms in total. The average molecular weight is 347 g/mol. The van der Waals surface area contributed by atoms with Crippen LogP contribution in [0.15, 0.2) is 67.5 Å². The number of aryl methyl sites for hydroxylation is 1. The molecule has 3 rings (SSSR count). The molecule has 3 aromatic rings. The van der Waals surface area contributed by atoms with Crippen molar-refractivity contribution >= 4 is 11.7 Å². The Morgan fingerprint density at radius 3 is 2.73 bits per heavy atom. The summed E-state index contributed by atoms with van der Waals surface area (Å²) >= 11 is 0. The van der Waals surface area contributed by atoms with Gasteiger partial charge in [-0.2, -0.15) is 5.10 Å². The van der Waals surface area contributed by atoms with E-state index >= 15 is 0 Å². The van der Waals surface area contributed by atoms with E-state index in [1.807, 2.05) is 43.6 Å². The average Bonchev–Trinajstić information content (AvgIpc) is 3.06. The van der Waals surface area contributed by atoms with Crippen molar-refractivity contribution in [2.24, 2.45) is 7.05 Å². The number of amides is 1. The fourth-order valence-corrected chi connectivity index (χ4v) is 2.59. The molecule has 2 aromatic heterocycles. The number of hydrogen-bond donors (Lipinski definition) is 2. The molecular formula is C20H21N5O. The fraction of sp³-hybridized carbons (Fsp3) is 0.150. The van der Waals surface area contributed by atoms with Gasteiger partial charge in [0.05, 0.1) is 11.3 Å². The van der Waals surface area contributed by atoms with Crippen LogP contribution in [0.25, 0.3) is 11.3 Å². The van der Waals surface area contributed by atoms with E-state index in [0.29, 0.717) is 24.5 Å². The second-order valence-electron chi connectivity index (χ2n) is 5.83. The minimum atomic E-state index is -0.164. The molecular weight excluding hydrogens is 326 g/mol. The van der Waals surface area contributed by atoms with Crippen LogP contribution in [0.3, 0.4) is 0 Å². The number of carbonyl (C=O) groups is 1. The van der Waals surface area contributed by atoms with Crippen molar-refractivity contribution in [1.29, 1.82) is 0 Å². The molecule has 2 heterocycles. The lowest BCUT2D eigenvalue weighted by Crippen LogP contribution is -2.23. The Hall–Kier alpha value is -3.41. The Morgan fingerprint density at radius 1 is 1.23 bits per heavy atom. The minimum Gasteiger partial charge on any atom is -0.366 e. The first-order chi connectivity index (χ1) is 12.7. The number of nitrogens with zero attached hydrogens (tertiary/aromatic N) is 3. The molecule has 0 fully saturated rings. The lowest BCUT2D eigenvalue weighted by atomic mass is 10.1. The van der Waals surface area contributed by atoms with E-state index in [1.165, 1.54) is 0 Å². The number of nitrogens with one attached hydrogen (secondary N) is 2. The van der Waals surface area contributed by atoms with E-state index < -0.39 is 0 Å². The smallest absolute Gasteiger partial charge is 0.253 e. The maximum absolute atomic E-state index is 11.9. The van der Waals surface area contributed by atoms with Gasteiger partial charge in [-0.3, -0.25) is 9.48 Å². The highest BCUT2D eigenvalue weighted by Gasteiger charge is 2.10. The molecule has 0 aliphatic carbocycles. The third-order valence-corrected chi connectivity index (χ3v) is 3.84. The Kier molecular flexibility index (Phi) is 5.43. The molecule has 0 atom stereocenters. The number of pyridine rings is 1. The molecule has 1 aromatic carbocycles. The third kappa shape index (κ3) is 4.16. The molecule has 26 heavy (non-hydrogen) atoms. The van der Waals surface area contributed by atoms with Gasteiger partial charge in [0, 0.05) is 43.7 Å². The van der Waals surface area contributed by atoms with E-state index in [2.05, 4.69) is 27.3 Å². The molecule has 0 spiro atoms. The SMILES string of the molecule is C=CCNC(=O)c1ccc(NCc2cn(C)nc2-c2ccccc2)nc1. The van der Waals surface area contributed by atoms with Gasteiger partial charge in [0.2, 0.25) is 0 Å². The summed E-state index contributed by atoms with van der Waals surface area (Å²) in [5, 5.41) is 10.6. The Bertz CT molecular complexity index is 884. The molecule has 0 unspecified atom stereocenters. The van der Waals surface area contributed by atoms with Crippen LogP contribution in [0.2, 0.25) is 0 Å². The molecule has 0 saturated carbocycles. The second-order valence-corrected chi connectivity index (χ2v) is 5.83. The first-order valence-electron chi connectivity index (χ1n) is 8.34. The summed E-state index contributed by atoms with van der Waals surface area (Å²) in [5.41, 5.74) is 3.62. The van der Waals surface area contributed by atoms with Gasteiger partial charge in [-0.25, -0.2) is 4.98 Å². The summed E-state index contributed by atoms with van der Waals surface area (Å²) in [6, 6.07) is 13.6. The monoisotopic (exact) mass is 347 g/mol. The predicted octanol–water partition coefficient (Wildman–Crippen LogP) is 3.01. The Labute approximate surface area is 152 Å². The van der Waals surface area contributed by atoms with E-state index in [4.69, 9.17) is 0 Å². The van der Waals surface area contributed by atoms with Gasteiger partial charge in [-0.15, -0.1) is 6.58 Å². The van der Waals surface area contributed by atoms with Gasteiger partial charge < -0.3 is 10.6 Å². The number of carbonyl (C=O) groups excluding carboxylic acids is 1. The van der Waals surface area contributed by atoms with E-state index in [-0.39, 0.29) is 5.91 Å². The highest BCUT2D eigenvalue weighted by atomic mass is 16.1. The number of hydrogen-bond acceptors (Lipinski definition) is 4. The summed E-state index contributed by atoms with van der Waals surface area (Å²) < 4.78 is 1.81. The minimum absolute atomic E-state index is 0.164. The zero-order valence-corrected chi connectivity index (χ0v) is 14.6. The zero-order valence-electron chi connectivity index (χ0n) is 14.6. The van der Waals surface area contributed by atoms with Crippen LogP contribution in [-0.2, 0) is 13.6 Å². The van der Waals surface area contributed by atoms with E-state index in [1.54, 1.807) is 29.1 Å². The molecule has 0 radical (unpaired) electrons. The van der Waals surface area contributed by atoms with Gasteiger partial charge in [0.25, 0.3) is 5.91 Å². The summed E-state index contributed by atoms with van der Waals surface area (Å²) in [4.78, 5) is 16.2. The van der Waals surface area contributed by atoms with Crippen molar-refractivity contribution in [2.45, 2.75) is 6.54 Å². The largest absolute Gasteiger partial charge is 0.366 e. The molecule has 132 valence electrons. The van der Waals surface area contributed by atoms with E-state index in [9.17, 15) is 4.79 Å². The molecule has 0 aliphatic heterocycles. The number of rotatable bonds is 7. The molecule has 0 saturated heterocycles. The van der Waals surface area contributed by atoms with Crippen molar-refractivity contribution in [2.75, 3.05) is 11.9 Å².